The van der Waals surface area contributed by atoms with Crippen LogP contribution in [0.25, 0.3) is 0 Å². The quantitative estimate of drug-likeness (QED) is 0.449. The average molecular weight is 240 g/mol. The van der Waals surface area contributed by atoms with Gasteiger partial charge in [0.15, 0.2) is 0 Å². The van der Waals surface area contributed by atoms with Crippen LogP contribution in [0, 0.1) is 17.0 Å². The minimum absolute atomic E-state index is 0.0403. The van der Waals surface area contributed by atoms with E-state index in [0.29, 0.717) is 12.2 Å². The highest BCUT2D eigenvalue weighted by atomic mass is 16.6. The number of nitrogens with zero attached hydrogens (tertiary/aromatic N) is 2. The van der Waals surface area contributed by atoms with Crippen LogP contribution in [0.2, 0.25) is 0 Å². The van der Waals surface area contributed by atoms with E-state index in [2.05, 4.69) is 0 Å². The molecule has 0 N–H and O–H groups in total. The Bertz CT molecular complexity index is 437. The Labute approximate surface area is 99.3 Å². The highest BCUT2D eigenvalue weighted by molar-refractivity contribution is 5.89. The molecule has 17 heavy (non-hydrogen) atoms. The molecule has 0 radical (unpaired) electrons. The van der Waals surface area contributed by atoms with Gasteiger partial charge in [0.25, 0.3) is 5.69 Å². The van der Waals surface area contributed by atoms with Gasteiger partial charge in [0.05, 0.1) is 17.2 Å². The molecule has 6 nitrogen and oxygen atoms in total. The van der Waals surface area contributed by atoms with E-state index in [1.165, 1.54) is 6.07 Å². The molecule has 0 aromatic carbocycles. The molecule has 0 aliphatic heterocycles. The third-order valence-electron chi connectivity index (χ3n) is 2.47. The van der Waals surface area contributed by atoms with Gasteiger partial charge in [-0.15, -0.1) is 0 Å². The lowest BCUT2D eigenvalue weighted by atomic mass is 10.4. The molecule has 0 saturated carbocycles. The fraction of sp³-hybridized carbons (Fsp3) is 0.545. The second kappa shape index (κ2) is 5.47. The first-order chi connectivity index (χ1) is 8.02. The molecule has 0 aliphatic rings. The van der Waals surface area contributed by atoms with Crippen LogP contribution in [0.1, 0.15) is 36.5 Å². The van der Waals surface area contributed by atoms with Crippen LogP contribution in [-0.2, 0) is 11.3 Å². The summed E-state index contributed by atoms with van der Waals surface area (Å²) in [5.74, 6) is -0.517. The van der Waals surface area contributed by atoms with Gasteiger partial charge < -0.3 is 9.30 Å². The molecule has 1 aromatic heterocycles. The summed E-state index contributed by atoms with van der Waals surface area (Å²) in [6.45, 7) is 6.10. The monoisotopic (exact) mass is 240 g/mol. The summed E-state index contributed by atoms with van der Waals surface area (Å²) in [5.41, 5.74) is 0.694. The van der Waals surface area contributed by atoms with Crippen LogP contribution >= 0.6 is 0 Å². The Morgan fingerprint density at radius 1 is 1.53 bits per heavy atom. The number of nitro groups is 1. The van der Waals surface area contributed by atoms with Crippen molar-refractivity contribution in [1.82, 2.24) is 4.57 Å². The van der Waals surface area contributed by atoms with Crippen molar-refractivity contribution in [2.45, 2.75) is 33.7 Å². The van der Waals surface area contributed by atoms with E-state index in [9.17, 15) is 14.9 Å². The highest BCUT2D eigenvalue weighted by Gasteiger charge is 2.24. The van der Waals surface area contributed by atoms with Crippen molar-refractivity contribution in [2.75, 3.05) is 6.61 Å². The fourth-order valence-corrected chi connectivity index (χ4v) is 1.70. The van der Waals surface area contributed by atoms with Gasteiger partial charge in [0.1, 0.15) is 5.69 Å². The van der Waals surface area contributed by atoms with E-state index in [0.717, 1.165) is 6.42 Å². The van der Waals surface area contributed by atoms with Crippen LogP contribution in [-0.4, -0.2) is 22.1 Å². The molecular formula is C11H16N2O4. The molecule has 94 valence electrons. The van der Waals surface area contributed by atoms with E-state index in [1.54, 1.807) is 18.4 Å². The van der Waals surface area contributed by atoms with E-state index < -0.39 is 10.9 Å². The zero-order valence-electron chi connectivity index (χ0n) is 10.2. The number of esters is 1. The van der Waals surface area contributed by atoms with Gasteiger partial charge in [-0.1, -0.05) is 6.92 Å². The molecule has 6 heteroatoms. The first-order valence-electron chi connectivity index (χ1n) is 5.54. The van der Waals surface area contributed by atoms with Gasteiger partial charge in [-0.3, -0.25) is 10.1 Å². The topological polar surface area (TPSA) is 74.4 Å². The first kappa shape index (κ1) is 13.2. The molecule has 0 saturated heterocycles. The van der Waals surface area contributed by atoms with Gasteiger partial charge in [0, 0.05) is 12.6 Å². The van der Waals surface area contributed by atoms with Crippen molar-refractivity contribution in [3.05, 3.63) is 27.6 Å². The zero-order chi connectivity index (χ0) is 13.0. The molecular weight excluding hydrogens is 224 g/mol. The largest absolute Gasteiger partial charge is 0.461 e. The van der Waals surface area contributed by atoms with Crippen LogP contribution in [0.4, 0.5) is 5.69 Å². The molecule has 0 fully saturated rings. The van der Waals surface area contributed by atoms with Gasteiger partial charge in [-0.25, -0.2) is 4.79 Å². The lowest BCUT2D eigenvalue weighted by Crippen LogP contribution is -2.13. The summed E-state index contributed by atoms with van der Waals surface area (Å²) in [7, 11) is 0. The number of rotatable bonds is 5. The minimum Gasteiger partial charge on any atom is -0.461 e. The third kappa shape index (κ3) is 2.64. The van der Waals surface area contributed by atoms with Gasteiger partial charge in [-0.05, 0) is 20.3 Å². The van der Waals surface area contributed by atoms with E-state index in [4.69, 9.17) is 4.74 Å². The van der Waals surface area contributed by atoms with Crippen molar-refractivity contribution in [3.8, 4) is 0 Å². The Morgan fingerprint density at radius 2 is 2.18 bits per heavy atom. The highest BCUT2D eigenvalue weighted by Crippen LogP contribution is 2.23. The van der Waals surface area contributed by atoms with Crippen molar-refractivity contribution in [3.63, 3.8) is 0 Å². The molecule has 0 spiro atoms. The summed E-state index contributed by atoms with van der Waals surface area (Å²) < 4.78 is 6.52. The molecule has 0 unspecified atom stereocenters. The summed E-state index contributed by atoms with van der Waals surface area (Å²) in [4.78, 5) is 22.0. The van der Waals surface area contributed by atoms with Crippen molar-refractivity contribution in [2.24, 2.45) is 0 Å². The molecule has 0 aliphatic carbocycles. The Hall–Kier alpha value is -1.85. The molecule has 0 atom stereocenters. The zero-order valence-corrected chi connectivity index (χ0v) is 10.2. The van der Waals surface area contributed by atoms with Crippen LogP contribution in [0.5, 0.6) is 0 Å². The standard InChI is InChI=1S/C11H16N2O4/c1-4-6-12-8(3)9(13(15)16)7-10(12)11(14)17-5-2/h7H,4-6H2,1-3H3. The maximum absolute atomic E-state index is 11.7. The second-order valence-electron chi connectivity index (χ2n) is 3.63. The maximum Gasteiger partial charge on any atom is 0.355 e. The predicted octanol–water partition coefficient (Wildman–Crippen LogP) is 2.29. The van der Waals surface area contributed by atoms with Gasteiger partial charge in [-0.2, -0.15) is 0 Å². The molecule has 0 amide bonds. The number of carbonyl (C=O) groups excluding carboxylic acids is 1. The smallest absolute Gasteiger partial charge is 0.355 e. The Morgan fingerprint density at radius 3 is 2.65 bits per heavy atom. The summed E-state index contributed by atoms with van der Waals surface area (Å²) >= 11 is 0. The number of ether oxygens (including phenoxy) is 1. The molecule has 0 bridgehead atoms. The van der Waals surface area contributed by atoms with Crippen LogP contribution in [0.15, 0.2) is 6.07 Å². The van der Waals surface area contributed by atoms with Gasteiger partial charge >= 0.3 is 5.97 Å². The Kier molecular flexibility index (Phi) is 4.25. The summed E-state index contributed by atoms with van der Waals surface area (Å²) in [5, 5.41) is 10.8. The van der Waals surface area contributed by atoms with Crippen molar-refractivity contribution < 1.29 is 14.5 Å². The molecule has 1 heterocycles. The number of hydrogen-bond donors (Lipinski definition) is 0. The second-order valence-corrected chi connectivity index (χ2v) is 3.63. The van der Waals surface area contributed by atoms with Crippen LogP contribution in [0.3, 0.4) is 0 Å². The lowest BCUT2D eigenvalue weighted by Gasteiger charge is -2.08. The normalized spacial score (nSPS) is 10.3. The number of aromatic nitrogens is 1. The van der Waals surface area contributed by atoms with Crippen LogP contribution < -0.4 is 0 Å². The summed E-state index contributed by atoms with van der Waals surface area (Å²) in [6.07, 6.45) is 0.791. The maximum atomic E-state index is 11.7. The first-order valence-corrected chi connectivity index (χ1v) is 5.54. The third-order valence-corrected chi connectivity index (χ3v) is 2.47. The van der Waals surface area contributed by atoms with E-state index in [-0.39, 0.29) is 18.0 Å². The number of hydrogen-bond acceptors (Lipinski definition) is 4. The molecule has 1 aromatic rings. The van der Waals surface area contributed by atoms with Crippen molar-refractivity contribution in [1.29, 1.82) is 0 Å². The average Bonchev–Trinajstić information content (AvgIpc) is 2.58. The summed E-state index contributed by atoms with van der Waals surface area (Å²) in [6, 6.07) is 1.28. The van der Waals surface area contributed by atoms with Gasteiger partial charge in [0.2, 0.25) is 0 Å². The SMILES string of the molecule is CCCn1c(C(=O)OCC)cc([N+](=O)[O-])c1C. The van der Waals surface area contributed by atoms with Crippen molar-refractivity contribution >= 4 is 11.7 Å². The van der Waals surface area contributed by atoms with E-state index >= 15 is 0 Å². The molecule has 1 rings (SSSR count). The lowest BCUT2D eigenvalue weighted by molar-refractivity contribution is -0.385. The fourth-order valence-electron chi connectivity index (χ4n) is 1.70. The number of carbonyl (C=O) groups is 1. The minimum atomic E-state index is -0.517. The predicted molar refractivity (Wildman–Crippen MR) is 62.1 cm³/mol. The van der Waals surface area contributed by atoms with E-state index in [1.807, 2.05) is 6.92 Å². The Balaban J connectivity index is 3.22.